The third-order valence-corrected chi connectivity index (χ3v) is 6.13. The van der Waals surface area contributed by atoms with Gasteiger partial charge in [-0.1, -0.05) is 30.3 Å². The predicted molar refractivity (Wildman–Crippen MR) is 125 cm³/mol. The van der Waals surface area contributed by atoms with Gasteiger partial charge in [-0.25, -0.2) is 0 Å². The molecule has 0 aliphatic carbocycles. The SMILES string of the molecule is CCNC(=NCCCCN1CCN(C)CC1)N1CCC(COCc2ccccc2)C1. The molecule has 1 atom stereocenters. The number of guanidine groups is 1. The Morgan fingerprint density at radius 2 is 1.90 bits per heavy atom. The van der Waals surface area contributed by atoms with Crippen molar-refractivity contribution in [2.75, 3.05) is 72.6 Å². The molecule has 0 spiro atoms. The molecular weight excluding hydrogens is 374 g/mol. The Morgan fingerprint density at radius 1 is 1.10 bits per heavy atom. The maximum atomic E-state index is 5.97. The van der Waals surface area contributed by atoms with Gasteiger partial charge in [-0.05, 0) is 45.3 Å². The number of aliphatic imine (C=N–C) groups is 1. The molecule has 0 radical (unpaired) electrons. The number of nitrogens with zero attached hydrogens (tertiary/aromatic N) is 4. The molecule has 2 fully saturated rings. The van der Waals surface area contributed by atoms with Gasteiger partial charge in [-0.2, -0.15) is 0 Å². The predicted octanol–water partition coefficient (Wildman–Crippen LogP) is 2.52. The third-order valence-electron chi connectivity index (χ3n) is 6.13. The van der Waals surface area contributed by atoms with Crippen LogP contribution < -0.4 is 5.32 Å². The van der Waals surface area contributed by atoms with Crippen LogP contribution in [0.2, 0.25) is 0 Å². The van der Waals surface area contributed by atoms with Crippen LogP contribution in [0.25, 0.3) is 0 Å². The monoisotopic (exact) mass is 415 g/mol. The van der Waals surface area contributed by atoms with Crippen LogP contribution in [0.15, 0.2) is 35.3 Å². The van der Waals surface area contributed by atoms with E-state index in [9.17, 15) is 0 Å². The van der Waals surface area contributed by atoms with Gasteiger partial charge < -0.3 is 24.8 Å². The molecule has 0 aromatic heterocycles. The molecule has 0 saturated carbocycles. The highest BCUT2D eigenvalue weighted by molar-refractivity contribution is 5.80. The van der Waals surface area contributed by atoms with Gasteiger partial charge in [0.05, 0.1) is 13.2 Å². The van der Waals surface area contributed by atoms with Crippen LogP contribution >= 0.6 is 0 Å². The normalized spacial score (nSPS) is 21.3. The molecule has 0 amide bonds. The number of unbranched alkanes of at least 4 members (excludes halogenated alkanes) is 1. The van der Waals surface area contributed by atoms with Gasteiger partial charge in [0, 0.05) is 58.3 Å². The van der Waals surface area contributed by atoms with Crippen molar-refractivity contribution < 1.29 is 4.74 Å². The largest absolute Gasteiger partial charge is 0.376 e. The highest BCUT2D eigenvalue weighted by Crippen LogP contribution is 2.17. The molecule has 1 unspecified atom stereocenters. The average molecular weight is 416 g/mol. The van der Waals surface area contributed by atoms with E-state index >= 15 is 0 Å². The lowest BCUT2D eigenvalue weighted by molar-refractivity contribution is 0.0906. The van der Waals surface area contributed by atoms with E-state index in [0.29, 0.717) is 12.5 Å². The van der Waals surface area contributed by atoms with Gasteiger partial charge in [0.1, 0.15) is 0 Å². The Kier molecular flexibility index (Phi) is 9.93. The van der Waals surface area contributed by atoms with E-state index in [1.54, 1.807) is 0 Å². The van der Waals surface area contributed by atoms with E-state index in [-0.39, 0.29) is 0 Å². The number of piperazine rings is 1. The van der Waals surface area contributed by atoms with E-state index in [1.165, 1.54) is 57.5 Å². The van der Waals surface area contributed by atoms with Crippen molar-refractivity contribution in [1.29, 1.82) is 0 Å². The summed E-state index contributed by atoms with van der Waals surface area (Å²) in [5, 5.41) is 3.49. The summed E-state index contributed by atoms with van der Waals surface area (Å²) in [7, 11) is 2.21. The minimum Gasteiger partial charge on any atom is -0.376 e. The smallest absolute Gasteiger partial charge is 0.193 e. The van der Waals surface area contributed by atoms with Gasteiger partial charge in [0.15, 0.2) is 5.96 Å². The second-order valence-electron chi connectivity index (χ2n) is 8.69. The second kappa shape index (κ2) is 12.9. The molecule has 168 valence electrons. The summed E-state index contributed by atoms with van der Waals surface area (Å²) in [5.41, 5.74) is 1.25. The van der Waals surface area contributed by atoms with Crippen molar-refractivity contribution in [3.05, 3.63) is 35.9 Å². The second-order valence-corrected chi connectivity index (χ2v) is 8.69. The fourth-order valence-corrected chi connectivity index (χ4v) is 4.21. The Hall–Kier alpha value is -1.63. The first-order valence-electron chi connectivity index (χ1n) is 11.8. The zero-order valence-electron chi connectivity index (χ0n) is 19.1. The molecule has 1 aromatic rings. The standard InChI is InChI=1S/C24H41N5O/c1-3-25-24(26-12-7-8-13-28-17-15-27(2)16-18-28)29-14-11-23(19-29)21-30-20-22-9-5-4-6-10-22/h4-6,9-10,23H,3,7-8,11-21H2,1-2H3,(H,25,26). The molecule has 1 N–H and O–H groups in total. The molecule has 6 heteroatoms. The number of likely N-dealkylation sites (N-methyl/N-ethyl adjacent to an activating group) is 1. The summed E-state index contributed by atoms with van der Waals surface area (Å²) in [4.78, 5) is 12.3. The van der Waals surface area contributed by atoms with Crippen LogP contribution in [0, 0.1) is 5.92 Å². The Bertz CT molecular complexity index is 615. The molecule has 3 rings (SSSR count). The lowest BCUT2D eigenvalue weighted by Crippen LogP contribution is -2.44. The van der Waals surface area contributed by atoms with Crippen molar-refractivity contribution in [2.45, 2.75) is 32.8 Å². The van der Waals surface area contributed by atoms with Crippen LogP contribution in [0.1, 0.15) is 31.7 Å². The number of rotatable bonds is 10. The summed E-state index contributed by atoms with van der Waals surface area (Å²) in [6.45, 7) is 13.7. The molecular formula is C24H41N5O. The number of hydrogen-bond acceptors (Lipinski definition) is 4. The van der Waals surface area contributed by atoms with Crippen molar-refractivity contribution >= 4 is 5.96 Å². The highest BCUT2D eigenvalue weighted by atomic mass is 16.5. The molecule has 2 saturated heterocycles. The molecule has 6 nitrogen and oxygen atoms in total. The van der Waals surface area contributed by atoms with E-state index in [2.05, 4.69) is 58.3 Å². The first kappa shape index (κ1) is 23.0. The summed E-state index contributed by atoms with van der Waals surface area (Å²) in [5.74, 6) is 1.68. The Balaban J connectivity index is 1.33. The lowest BCUT2D eigenvalue weighted by atomic mass is 10.1. The fraction of sp³-hybridized carbons (Fsp3) is 0.708. The van der Waals surface area contributed by atoms with E-state index in [4.69, 9.17) is 9.73 Å². The zero-order valence-corrected chi connectivity index (χ0v) is 19.1. The number of nitrogens with one attached hydrogen (secondary N) is 1. The topological polar surface area (TPSA) is 43.3 Å². The minimum absolute atomic E-state index is 0.592. The fourth-order valence-electron chi connectivity index (χ4n) is 4.21. The van der Waals surface area contributed by atoms with E-state index in [0.717, 1.165) is 38.7 Å². The number of benzene rings is 1. The molecule has 2 aliphatic rings. The van der Waals surface area contributed by atoms with Crippen molar-refractivity contribution in [1.82, 2.24) is 20.0 Å². The van der Waals surface area contributed by atoms with Crippen molar-refractivity contribution in [3.8, 4) is 0 Å². The van der Waals surface area contributed by atoms with Gasteiger partial charge in [-0.15, -0.1) is 0 Å². The van der Waals surface area contributed by atoms with Gasteiger partial charge in [0.2, 0.25) is 0 Å². The Morgan fingerprint density at radius 3 is 2.67 bits per heavy atom. The molecule has 0 bridgehead atoms. The van der Waals surface area contributed by atoms with E-state index < -0.39 is 0 Å². The number of likely N-dealkylation sites (tertiary alicyclic amines) is 1. The Labute approximate surface area is 183 Å². The van der Waals surface area contributed by atoms with Gasteiger partial charge in [0.25, 0.3) is 0 Å². The third kappa shape index (κ3) is 7.89. The van der Waals surface area contributed by atoms with Crippen LogP contribution in [-0.2, 0) is 11.3 Å². The molecule has 30 heavy (non-hydrogen) atoms. The van der Waals surface area contributed by atoms with Crippen molar-refractivity contribution in [2.24, 2.45) is 10.9 Å². The quantitative estimate of drug-likeness (QED) is 0.361. The maximum absolute atomic E-state index is 5.97. The molecule has 2 heterocycles. The van der Waals surface area contributed by atoms with Gasteiger partial charge >= 0.3 is 0 Å². The summed E-state index contributed by atoms with van der Waals surface area (Å²) in [6.07, 6.45) is 3.59. The summed E-state index contributed by atoms with van der Waals surface area (Å²) < 4.78 is 5.97. The first-order valence-corrected chi connectivity index (χ1v) is 11.8. The first-order chi connectivity index (χ1) is 14.7. The van der Waals surface area contributed by atoms with E-state index in [1.807, 2.05) is 6.07 Å². The minimum atomic E-state index is 0.592. The van der Waals surface area contributed by atoms with Gasteiger partial charge in [-0.3, -0.25) is 4.99 Å². The average Bonchev–Trinajstić information content (AvgIpc) is 3.23. The lowest BCUT2D eigenvalue weighted by Gasteiger charge is -2.32. The summed E-state index contributed by atoms with van der Waals surface area (Å²) >= 11 is 0. The van der Waals surface area contributed by atoms with Crippen LogP contribution in [0.4, 0.5) is 0 Å². The molecule has 1 aromatic carbocycles. The number of ether oxygens (including phenoxy) is 1. The van der Waals surface area contributed by atoms with Crippen LogP contribution in [0.5, 0.6) is 0 Å². The zero-order chi connectivity index (χ0) is 21.0. The van der Waals surface area contributed by atoms with Crippen LogP contribution in [0.3, 0.4) is 0 Å². The maximum Gasteiger partial charge on any atom is 0.193 e. The molecule has 2 aliphatic heterocycles. The summed E-state index contributed by atoms with van der Waals surface area (Å²) in [6, 6.07) is 10.4. The van der Waals surface area contributed by atoms with Crippen LogP contribution in [-0.4, -0.2) is 93.2 Å². The number of hydrogen-bond donors (Lipinski definition) is 1. The highest BCUT2D eigenvalue weighted by Gasteiger charge is 2.25. The van der Waals surface area contributed by atoms with Crippen molar-refractivity contribution in [3.63, 3.8) is 0 Å².